The molecule has 6 heteroatoms. The molecule has 1 unspecified atom stereocenters. The van der Waals surface area contributed by atoms with Crippen molar-refractivity contribution in [2.75, 3.05) is 5.73 Å². The van der Waals surface area contributed by atoms with E-state index in [4.69, 9.17) is 11.6 Å². The third-order valence-electron chi connectivity index (χ3n) is 2.76. The van der Waals surface area contributed by atoms with Gasteiger partial charge < -0.3 is 5.73 Å². The van der Waals surface area contributed by atoms with Crippen LogP contribution in [0.4, 0.5) is 5.69 Å². The first-order valence-electron chi connectivity index (χ1n) is 5.35. The van der Waals surface area contributed by atoms with Crippen LogP contribution >= 0.6 is 0 Å². The van der Waals surface area contributed by atoms with Crippen LogP contribution in [0.3, 0.4) is 0 Å². The van der Waals surface area contributed by atoms with E-state index in [2.05, 4.69) is 15.5 Å². The maximum absolute atomic E-state index is 5.93. The van der Waals surface area contributed by atoms with E-state index in [0.717, 1.165) is 17.1 Å². The molecule has 5 N–H and O–H groups in total. The zero-order valence-electron chi connectivity index (χ0n) is 9.67. The van der Waals surface area contributed by atoms with Crippen LogP contribution in [0.25, 0.3) is 0 Å². The maximum atomic E-state index is 5.93. The highest BCUT2D eigenvalue weighted by molar-refractivity contribution is 5.48. The summed E-state index contributed by atoms with van der Waals surface area (Å²) in [4.78, 5) is 4.17. The van der Waals surface area contributed by atoms with E-state index in [1.165, 1.54) is 6.33 Å². The van der Waals surface area contributed by atoms with Crippen LogP contribution in [0.2, 0.25) is 0 Å². The maximum Gasteiger partial charge on any atom is 0.138 e. The van der Waals surface area contributed by atoms with Crippen LogP contribution in [-0.2, 0) is 13.5 Å². The van der Waals surface area contributed by atoms with Crippen molar-refractivity contribution in [3.8, 4) is 0 Å². The summed E-state index contributed by atoms with van der Waals surface area (Å²) in [6.07, 6.45) is 2.17. The monoisotopic (exact) mass is 232 g/mol. The highest BCUT2D eigenvalue weighted by atomic mass is 15.3. The minimum Gasteiger partial charge on any atom is -0.398 e. The molecule has 1 heterocycles. The van der Waals surface area contributed by atoms with Gasteiger partial charge in [0, 0.05) is 19.2 Å². The molecule has 1 aromatic heterocycles. The topological polar surface area (TPSA) is 94.8 Å². The lowest BCUT2D eigenvalue weighted by atomic mass is 10.0. The Morgan fingerprint density at radius 1 is 1.41 bits per heavy atom. The molecule has 0 fully saturated rings. The minimum atomic E-state index is -0.0703. The minimum absolute atomic E-state index is 0.0703. The van der Waals surface area contributed by atoms with E-state index in [1.807, 2.05) is 31.3 Å². The number of hydrogen-bond acceptors (Lipinski definition) is 5. The molecule has 6 nitrogen and oxygen atoms in total. The van der Waals surface area contributed by atoms with Crippen molar-refractivity contribution >= 4 is 5.69 Å². The van der Waals surface area contributed by atoms with Gasteiger partial charge in [0.15, 0.2) is 0 Å². The van der Waals surface area contributed by atoms with Gasteiger partial charge in [0.2, 0.25) is 0 Å². The van der Waals surface area contributed by atoms with Crippen molar-refractivity contribution in [3.05, 3.63) is 42.0 Å². The van der Waals surface area contributed by atoms with E-state index in [9.17, 15) is 0 Å². The molecule has 0 spiro atoms. The number of aromatic nitrogens is 3. The highest BCUT2D eigenvalue weighted by Crippen LogP contribution is 2.21. The summed E-state index contributed by atoms with van der Waals surface area (Å²) in [6, 6.07) is 7.58. The number of hydrogen-bond donors (Lipinski definition) is 3. The number of nitrogen functional groups attached to an aromatic ring is 1. The molecule has 2 aromatic rings. The number of nitrogens with two attached hydrogens (primary N) is 2. The van der Waals surface area contributed by atoms with Crippen molar-refractivity contribution < 1.29 is 0 Å². The molecule has 1 aromatic carbocycles. The quantitative estimate of drug-likeness (QED) is 0.396. The summed E-state index contributed by atoms with van der Waals surface area (Å²) in [6.45, 7) is 0. The molecule has 2 rings (SSSR count). The molecule has 90 valence electrons. The second kappa shape index (κ2) is 4.94. The number of para-hydroxylation sites is 1. The van der Waals surface area contributed by atoms with Gasteiger partial charge >= 0.3 is 0 Å². The summed E-state index contributed by atoms with van der Waals surface area (Å²) in [5, 5.41) is 4.03. The summed E-state index contributed by atoms with van der Waals surface area (Å²) < 4.78 is 1.73. The van der Waals surface area contributed by atoms with E-state index >= 15 is 0 Å². The zero-order valence-corrected chi connectivity index (χ0v) is 9.67. The molecule has 1 atom stereocenters. The normalized spacial score (nSPS) is 12.6. The van der Waals surface area contributed by atoms with Crippen LogP contribution < -0.4 is 17.0 Å². The molecule has 0 amide bonds. The van der Waals surface area contributed by atoms with Gasteiger partial charge in [-0.05, 0) is 11.6 Å². The van der Waals surface area contributed by atoms with Gasteiger partial charge in [-0.2, -0.15) is 5.10 Å². The molecule has 0 bridgehead atoms. The van der Waals surface area contributed by atoms with Gasteiger partial charge in [0.05, 0.1) is 6.04 Å². The average Bonchev–Trinajstić information content (AvgIpc) is 2.73. The van der Waals surface area contributed by atoms with Gasteiger partial charge in [-0.3, -0.25) is 16.0 Å². The summed E-state index contributed by atoms with van der Waals surface area (Å²) in [5.41, 5.74) is 10.4. The second-order valence-corrected chi connectivity index (χ2v) is 3.85. The predicted molar refractivity (Wildman–Crippen MR) is 65.6 cm³/mol. The number of aryl methyl sites for hydroxylation is 1. The van der Waals surface area contributed by atoms with Crippen molar-refractivity contribution in [2.24, 2.45) is 12.9 Å². The number of nitrogens with one attached hydrogen (secondary N) is 1. The lowest BCUT2D eigenvalue weighted by Gasteiger charge is -2.17. The molecule has 17 heavy (non-hydrogen) atoms. The lowest BCUT2D eigenvalue weighted by Crippen LogP contribution is -2.31. The van der Waals surface area contributed by atoms with Gasteiger partial charge in [0.1, 0.15) is 12.2 Å². The van der Waals surface area contributed by atoms with Crippen molar-refractivity contribution in [1.82, 2.24) is 20.2 Å². The van der Waals surface area contributed by atoms with Crippen LogP contribution in [0.15, 0.2) is 30.6 Å². The fourth-order valence-electron chi connectivity index (χ4n) is 1.77. The summed E-state index contributed by atoms with van der Waals surface area (Å²) >= 11 is 0. The van der Waals surface area contributed by atoms with Gasteiger partial charge in [0.25, 0.3) is 0 Å². The fourth-order valence-corrected chi connectivity index (χ4v) is 1.77. The first-order chi connectivity index (χ1) is 8.22. The fraction of sp³-hybridized carbons (Fsp3) is 0.273. The van der Waals surface area contributed by atoms with E-state index < -0.39 is 0 Å². The van der Waals surface area contributed by atoms with E-state index in [1.54, 1.807) is 4.68 Å². The molecular weight excluding hydrogens is 216 g/mol. The first kappa shape index (κ1) is 11.6. The third-order valence-corrected chi connectivity index (χ3v) is 2.76. The second-order valence-electron chi connectivity index (χ2n) is 3.85. The summed E-state index contributed by atoms with van der Waals surface area (Å²) in [5.74, 6) is 6.43. The SMILES string of the molecule is Cn1ncnc1CC(NN)c1ccccc1N. The molecule has 0 saturated carbocycles. The number of hydrazine groups is 1. The van der Waals surface area contributed by atoms with Crippen LogP contribution in [-0.4, -0.2) is 14.8 Å². The van der Waals surface area contributed by atoms with Crippen LogP contribution in [0.1, 0.15) is 17.4 Å². The van der Waals surface area contributed by atoms with Gasteiger partial charge in [-0.25, -0.2) is 4.98 Å². The van der Waals surface area contributed by atoms with Gasteiger partial charge in [-0.15, -0.1) is 0 Å². The number of anilines is 1. The molecule has 0 aliphatic carbocycles. The van der Waals surface area contributed by atoms with Crippen molar-refractivity contribution in [1.29, 1.82) is 0 Å². The number of benzene rings is 1. The first-order valence-corrected chi connectivity index (χ1v) is 5.35. The van der Waals surface area contributed by atoms with E-state index in [0.29, 0.717) is 6.42 Å². The van der Waals surface area contributed by atoms with Crippen LogP contribution in [0.5, 0.6) is 0 Å². The average molecular weight is 232 g/mol. The Labute approximate surface area is 99.6 Å². The Morgan fingerprint density at radius 3 is 2.76 bits per heavy atom. The number of rotatable bonds is 4. The van der Waals surface area contributed by atoms with Crippen LogP contribution in [0, 0.1) is 0 Å². The Hall–Kier alpha value is -1.92. The zero-order chi connectivity index (χ0) is 12.3. The standard InChI is InChI=1S/C11H16N6/c1-17-11(14-7-15-17)6-10(16-13)8-4-2-3-5-9(8)12/h2-5,7,10,16H,6,12-13H2,1H3. The van der Waals surface area contributed by atoms with Gasteiger partial charge in [-0.1, -0.05) is 18.2 Å². The van der Waals surface area contributed by atoms with Crippen molar-refractivity contribution in [3.63, 3.8) is 0 Å². The Bertz CT molecular complexity index is 492. The molecule has 0 aliphatic heterocycles. The Morgan fingerprint density at radius 2 is 2.18 bits per heavy atom. The highest BCUT2D eigenvalue weighted by Gasteiger charge is 2.15. The summed E-state index contributed by atoms with van der Waals surface area (Å²) in [7, 11) is 1.85. The molecular formula is C11H16N6. The lowest BCUT2D eigenvalue weighted by molar-refractivity contribution is 0.524. The Kier molecular flexibility index (Phi) is 3.36. The van der Waals surface area contributed by atoms with E-state index in [-0.39, 0.29) is 6.04 Å². The predicted octanol–water partition coefficient (Wildman–Crippen LogP) is 0.144. The Balaban J connectivity index is 2.23. The largest absolute Gasteiger partial charge is 0.398 e. The third kappa shape index (κ3) is 2.43. The number of nitrogens with zero attached hydrogens (tertiary/aromatic N) is 3. The van der Waals surface area contributed by atoms with Crippen molar-refractivity contribution in [2.45, 2.75) is 12.5 Å². The molecule has 0 radical (unpaired) electrons. The molecule has 0 saturated heterocycles. The molecule has 0 aliphatic rings. The smallest absolute Gasteiger partial charge is 0.138 e.